The third-order valence-electron chi connectivity index (χ3n) is 2.85. The Morgan fingerprint density at radius 1 is 1.10 bits per heavy atom. The summed E-state index contributed by atoms with van der Waals surface area (Å²) in [5.74, 6) is -5.16. The Hall–Kier alpha value is -2.01. The Labute approximate surface area is 124 Å². The van der Waals surface area contributed by atoms with Gasteiger partial charge in [-0.1, -0.05) is 30.3 Å². The highest BCUT2D eigenvalue weighted by molar-refractivity contribution is 6.21. The maximum absolute atomic E-state index is 13.0. The molecule has 0 heterocycles. The van der Waals surface area contributed by atoms with Crippen LogP contribution in [0, 0.1) is 17.5 Å². The molecule has 0 radical (unpaired) electrons. The van der Waals surface area contributed by atoms with Gasteiger partial charge in [0.1, 0.15) is 0 Å². The number of carbonyl (C=O) groups excluding carboxylic acids is 1. The molecule has 0 bridgehead atoms. The fourth-order valence-electron chi connectivity index (χ4n) is 1.75. The Kier molecular flexibility index (Phi) is 4.85. The van der Waals surface area contributed by atoms with Gasteiger partial charge in [-0.3, -0.25) is 4.79 Å². The predicted molar refractivity (Wildman–Crippen MR) is 73.7 cm³/mol. The predicted octanol–water partition coefficient (Wildman–Crippen LogP) is 3.81. The monoisotopic (exact) mass is 313 g/mol. The van der Waals surface area contributed by atoms with Crippen LogP contribution in [-0.4, -0.2) is 12.5 Å². The van der Waals surface area contributed by atoms with Crippen LogP contribution in [0.25, 0.3) is 0 Å². The molecule has 110 valence electrons. The summed E-state index contributed by atoms with van der Waals surface area (Å²) in [4.78, 5) is 11.8. The molecule has 2 aromatic carbocycles. The molecule has 2 nitrogen and oxygen atoms in total. The Bertz CT molecular complexity index is 626. The number of amides is 1. The van der Waals surface area contributed by atoms with E-state index in [1.807, 2.05) is 6.07 Å². The lowest BCUT2D eigenvalue weighted by Crippen LogP contribution is -2.27. The minimum absolute atomic E-state index is 0.0744. The fourth-order valence-corrected chi connectivity index (χ4v) is 1.97. The first-order valence-corrected chi connectivity index (χ1v) is 6.54. The molecule has 1 atom stereocenters. The second kappa shape index (κ2) is 6.63. The smallest absolute Gasteiger partial charge is 0.251 e. The summed E-state index contributed by atoms with van der Waals surface area (Å²) < 4.78 is 38.9. The van der Waals surface area contributed by atoms with Crippen LogP contribution >= 0.6 is 11.6 Å². The van der Waals surface area contributed by atoms with Gasteiger partial charge in [-0.05, 0) is 17.7 Å². The first-order valence-electron chi connectivity index (χ1n) is 6.11. The normalized spacial score (nSPS) is 12.0. The number of halogens is 4. The van der Waals surface area contributed by atoms with E-state index < -0.39 is 28.7 Å². The number of nitrogens with one attached hydrogen (secondary N) is 1. The maximum Gasteiger partial charge on any atom is 0.251 e. The Morgan fingerprint density at radius 3 is 2.24 bits per heavy atom. The lowest BCUT2D eigenvalue weighted by molar-refractivity contribution is 0.0952. The summed E-state index contributed by atoms with van der Waals surface area (Å²) in [7, 11) is 0. The standard InChI is InChI=1S/C15H11ClF3NO/c16-11(9-4-2-1-3-5-9)8-20-15(21)10-6-12(17)14(19)13(18)7-10/h1-7,11H,8H2,(H,20,21). The highest BCUT2D eigenvalue weighted by Gasteiger charge is 2.16. The van der Waals surface area contributed by atoms with Gasteiger partial charge < -0.3 is 5.32 Å². The number of benzene rings is 2. The highest BCUT2D eigenvalue weighted by Crippen LogP contribution is 2.19. The number of hydrogen-bond donors (Lipinski definition) is 1. The van der Waals surface area contributed by atoms with E-state index in [1.165, 1.54) is 0 Å². The molecule has 0 aliphatic carbocycles. The topological polar surface area (TPSA) is 29.1 Å². The Morgan fingerprint density at radius 2 is 1.67 bits per heavy atom. The molecular weight excluding hydrogens is 303 g/mol. The second-order valence-corrected chi connectivity index (χ2v) is 4.87. The molecular formula is C15H11ClF3NO. The molecule has 0 spiro atoms. The van der Waals surface area contributed by atoms with Crippen molar-refractivity contribution in [1.82, 2.24) is 5.32 Å². The molecule has 0 aliphatic rings. The molecule has 21 heavy (non-hydrogen) atoms. The van der Waals surface area contributed by atoms with Crippen LogP contribution in [-0.2, 0) is 0 Å². The van der Waals surface area contributed by atoms with Gasteiger partial charge in [-0.25, -0.2) is 13.2 Å². The van der Waals surface area contributed by atoms with E-state index in [1.54, 1.807) is 24.3 Å². The number of alkyl halides is 1. The van der Waals surface area contributed by atoms with E-state index in [-0.39, 0.29) is 12.1 Å². The number of hydrogen-bond acceptors (Lipinski definition) is 1. The zero-order valence-electron chi connectivity index (χ0n) is 10.7. The summed E-state index contributed by atoms with van der Waals surface area (Å²) >= 11 is 6.10. The zero-order valence-corrected chi connectivity index (χ0v) is 11.5. The van der Waals surface area contributed by atoms with Crippen molar-refractivity contribution in [2.75, 3.05) is 6.54 Å². The molecule has 2 aromatic rings. The van der Waals surface area contributed by atoms with E-state index in [2.05, 4.69) is 5.32 Å². The maximum atomic E-state index is 13.0. The number of carbonyl (C=O) groups is 1. The molecule has 0 saturated heterocycles. The van der Waals surface area contributed by atoms with Gasteiger partial charge in [0.05, 0.1) is 5.38 Å². The molecule has 6 heteroatoms. The minimum Gasteiger partial charge on any atom is -0.350 e. The van der Waals surface area contributed by atoms with Gasteiger partial charge >= 0.3 is 0 Å². The molecule has 1 amide bonds. The number of rotatable bonds is 4. The van der Waals surface area contributed by atoms with Crippen LogP contribution in [0.2, 0.25) is 0 Å². The van der Waals surface area contributed by atoms with Crippen LogP contribution in [0.5, 0.6) is 0 Å². The van der Waals surface area contributed by atoms with Crippen molar-refractivity contribution < 1.29 is 18.0 Å². The third-order valence-corrected chi connectivity index (χ3v) is 3.26. The third kappa shape index (κ3) is 3.76. The average molecular weight is 314 g/mol. The minimum atomic E-state index is -1.61. The average Bonchev–Trinajstić information content (AvgIpc) is 2.50. The first-order chi connectivity index (χ1) is 9.99. The van der Waals surface area contributed by atoms with Crippen LogP contribution in [0.1, 0.15) is 21.3 Å². The molecule has 0 saturated carbocycles. The fraction of sp³-hybridized carbons (Fsp3) is 0.133. The molecule has 1 unspecified atom stereocenters. The van der Waals surface area contributed by atoms with Crippen LogP contribution in [0.3, 0.4) is 0 Å². The van der Waals surface area contributed by atoms with Crippen molar-refractivity contribution in [1.29, 1.82) is 0 Å². The lowest BCUT2D eigenvalue weighted by atomic mass is 10.1. The second-order valence-electron chi connectivity index (χ2n) is 4.34. The van der Waals surface area contributed by atoms with Gasteiger partial charge in [-0.2, -0.15) is 0 Å². The molecule has 1 N–H and O–H groups in total. The van der Waals surface area contributed by atoms with Crippen molar-refractivity contribution >= 4 is 17.5 Å². The molecule has 0 aromatic heterocycles. The van der Waals surface area contributed by atoms with Crippen molar-refractivity contribution in [3.63, 3.8) is 0 Å². The van der Waals surface area contributed by atoms with Crippen LogP contribution in [0.15, 0.2) is 42.5 Å². The SMILES string of the molecule is O=C(NCC(Cl)c1ccccc1)c1cc(F)c(F)c(F)c1. The van der Waals surface area contributed by atoms with Gasteiger partial charge in [0.25, 0.3) is 5.91 Å². The first kappa shape index (κ1) is 15.4. The lowest BCUT2D eigenvalue weighted by Gasteiger charge is -2.11. The van der Waals surface area contributed by atoms with Crippen molar-refractivity contribution in [3.05, 3.63) is 71.0 Å². The van der Waals surface area contributed by atoms with Gasteiger partial charge in [0.2, 0.25) is 0 Å². The largest absolute Gasteiger partial charge is 0.350 e. The zero-order chi connectivity index (χ0) is 15.4. The van der Waals surface area contributed by atoms with Crippen molar-refractivity contribution in [3.8, 4) is 0 Å². The summed E-state index contributed by atoms with van der Waals surface area (Å²) in [5.41, 5.74) is 0.499. The van der Waals surface area contributed by atoms with Crippen LogP contribution < -0.4 is 5.32 Å². The molecule has 2 rings (SSSR count). The highest BCUT2D eigenvalue weighted by atomic mass is 35.5. The van der Waals surface area contributed by atoms with Gasteiger partial charge in [0.15, 0.2) is 17.5 Å². The summed E-state index contributed by atoms with van der Waals surface area (Å²) in [6.07, 6.45) is 0. The van der Waals surface area contributed by atoms with Gasteiger partial charge in [-0.15, -0.1) is 11.6 Å². The van der Waals surface area contributed by atoms with E-state index in [9.17, 15) is 18.0 Å². The quantitative estimate of drug-likeness (QED) is 0.675. The van der Waals surface area contributed by atoms with Crippen molar-refractivity contribution in [2.45, 2.75) is 5.38 Å². The summed E-state index contributed by atoms with van der Waals surface area (Å²) in [6.45, 7) is 0.0744. The van der Waals surface area contributed by atoms with E-state index >= 15 is 0 Å². The molecule has 0 aliphatic heterocycles. The van der Waals surface area contributed by atoms with E-state index in [4.69, 9.17) is 11.6 Å². The van der Waals surface area contributed by atoms with Gasteiger partial charge in [0, 0.05) is 12.1 Å². The summed E-state index contributed by atoms with van der Waals surface area (Å²) in [5, 5.41) is 1.96. The Balaban J connectivity index is 2.02. The molecule has 0 fully saturated rings. The van der Waals surface area contributed by atoms with Crippen LogP contribution in [0.4, 0.5) is 13.2 Å². The van der Waals surface area contributed by atoms with E-state index in [0.29, 0.717) is 12.1 Å². The van der Waals surface area contributed by atoms with Crippen molar-refractivity contribution in [2.24, 2.45) is 0 Å². The van der Waals surface area contributed by atoms with E-state index in [0.717, 1.165) is 5.56 Å². The summed E-state index contributed by atoms with van der Waals surface area (Å²) in [6, 6.07) is 10.3.